The lowest BCUT2D eigenvalue weighted by Gasteiger charge is -2.07. The number of hydrogen-bond acceptors (Lipinski definition) is 3. The highest BCUT2D eigenvalue weighted by molar-refractivity contribution is 9.10. The number of benzene rings is 2. The quantitative estimate of drug-likeness (QED) is 0.504. The van der Waals surface area contributed by atoms with E-state index in [2.05, 4.69) is 31.7 Å². The summed E-state index contributed by atoms with van der Waals surface area (Å²) in [6, 6.07) is 15.3. The predicted molar refractivity (Wildman–Crippen MR) is 122 cm³/mol. The SMILES string of the molecule is Cc1ccc(Cn2nc(C)c(C(=O)NCCC(=O)Nc3ccc(Br)cc3)c2Cl)cc1. The summed E-state index contributed by atoms with van der Waals surface area (Å²) in [4.78, 5) is 24.7. The van der Waals surface area contributed by atoms with Crippen LogP contribution in [0.1, 0.15) is 33.6 Å². The molecule has 0 bridgehead atoms. The number of aryl methyl sites for hydroxylation is 2. The second-order valence-corrected chi connectivity index (χ2v) is 8.23. The highest BCUT2D eigenvalue weighted by Gasteiger charge is 2.20. The van der Waals surface area contributed by atoms with Crippen molar-refractivity contribution < 1.29 is 9.59 Å². The molecule has 30 heavy (non-hydrogen) atoms. The molecule has 3 aromatic rings. The van der Waals surface area contributed by atoms with Crippen molar-refractivity contribution in [3.63, 3.8) is 0 Å². The molecule has 8 heteroatoms. The van der Waals surface area contributed by atoms with E-state index in [1.807, 2.05) is 43.3 Å². The van der Waals surface area contributed by atoms with Gasteiger partial charge in [-0.25, -0.2) is 4.68 Å². The molecule has 0 spiro atoms. The maximum absolute atomic E-state index is 12.6. The fraction of sp³-hybridized carbons (Fsp3) is 0.227. The van der Waals surface area contributed by atoms with Crippen LogP contribution in [0.4, 0.5) is 5.69 Å². The van der Waals surface area contributed by atoms with Gasteiger partial charge in [-0.1, -0.05) is 57.4 Å². The Labute approximate surface area is 188 Å². The monoisotopic (exact) mass is 488 g/mol. The fourth-order valence-electron chi connectivity index (χ4n) is 2.92. The number of anilines is 1. The molecule has 1 aromatic heterocycles. The molecule has 2 N–H and O–H groups in total. The molecule has 3 rings (SSSR count). The minimum absolute atomic E-state index is 0.149. The maximum atomic E-state index is 12.6. The Kier molecular flexibility index (Phi) is 7.29. The molecule has 6 nitrogen and oxygen atoms in total. The van der Waals surface area contributed by atoms with Gasteiger partial charge in [-0.3, -0.25) is 9.59 Å². The first-order valence-electron chi connectivity index (χ1n) is 9.45. The Morgan fingerprint density at radius 3 is 2.40 bits per heavy atom. The van der Waals surface area contributed by atoms with Crippen LogP contribution in [-0.4, -0.2) is 28.1 Å². The summed E-state index contributed by atoms with van der Waals surface area (Å²) in [6.45, 7) is 4.44. The molecule has 1 heterocycles. The molecule has 2 amide bonds. The van der Waals surface area contributed by atoms with Crippen LogP contribution in [0.15, 0.2) is 53.0 Å². The summed E-state index contributed by atoms with van der Waals surface area (Å²) in [5.41, 5.74) is 3.79. The van der Waals surface area contributed by atoms with Gasteiger partial charge in [0.15, 0.2) is 0 Å². The average molecular weight is 490 g/mol. The third-order valence-electron chi connectivity index (χ3n) is 4.51. The number of amides is 2. The Morgan fingerprint density at radius 1 is 1.07 bits per heavy atom. The highest BCUT2D eigenvalue weighted by atomic mass is 79.9. The summed E-state index contributed by atoms with van der Waals surface area (Å²) in [6.07, 6.45) is 0.149. The number of halogens is 2. The Hall–Kier alpha value is -2.64. The van der Waals surface area contributed by atoms with E-state index in [1.54, 1.807) is 23.7 Å². The van der Waals surface area contributed by atoms with Crippen molar-refractivity contribution in [3.8, 4) is 0 Å². The first kappa shape index (κ1) is 22.1. The first-order chi connectivity index (χ1) is 14.3. The van der Waals surface area contributed by atoms with Crippen LogP contribution in [0.25, 0.3) is 0 Å². The van der Waals surface area contributed by atoms with Crippen molar-refractivity contribution in [2.45, 2.75) is 26.8 Å². The van der Waals surface area contributed by atoms with E-state index >= 15 is 0 Å². The van der Waals surface area contributed by atoms with Crippen molar-refractivity contribution in [1.82, 2.24) is 15.1 Å². The number of nitrogens with zero attached hydrogens (tertiary/aromatic N) is 2. The zero-order chi connectivity index (χ0) is 21.7. The lowest BCUT2D eigenvalue weighted by molar-refractivity contribution is -0.116. The zero-order valence-corrected chi connectivity index (χ0v) is 19.0. The van der Waals surface area contributed by atoms with Gasteiger partial charge in [-0.2, -0.15) is 5.10 Å². The second-order valence-electron chi connectivity index (χ2n) is 6.96. The van der Waals surface area contributed by atoms with Crippen molar-refractivity contribution in [3.05, 3.63) is 80.5 Å². The van der Waals surface area contributed by atoms with Gasteiger partial charge in [0.25, 0.3) is 5.91 Å². The van der Waals surface area contributed by atoms with Crippen molar-refractivity contribution in [2.24, 2.45) is 0 Å². The lowest BCUT2D eigenvalue weighted by Crippen LogP contribution is -2.28. The third-order valence-corrected chi connectivity index (χ3v) is 5.42. The van der Waals surface area contributed by atoms with Gasteiger partial charge in [-0.05, 0) is 43.7 Å². The Balaban J connectivity index is 1.56. The largest absolute Gasteiger partial charge is 0.351 e. The van der Waals surface area contributed by atoms with E-state index in [0.29, 0.717) is 23.5 Å². The molecule has 0 atom stereocenters. The number of rotatable bonds is 7. The second kappa shape index (κ2) is 9.91. The van der Waals surface area contributed by atoms with Gasteiger partial charge in [-0.15, -0.1) is 0 Å². The number of carbonyl (C=O) groups excluding carboxylic acids is 2. The van der Waals surface area contributed by atoms with Crippen LogP contribution in [-0.2, 0) is 11.3 Å². The van der Waals surface area contributed by atoms with Gasteiger partial charge in [0.2, 0.25) is 5.91 Å². The molecule has 0 unspecified atom stereocenters. The van der Waals surface area contributed by atoms with Crippen molar-refractivity contribution in [1.29, 1.82) is 0 Å². The smallest absolute Gasteiger partial charge is 0.256 e. The minimum Gasteiger partial charge on any atom is -0.351 e. The van der Waals surface area contributed by atoms with E-state index in [-0.39, 0.29) is 29.9 Å². The molecule has 0 aliphatic carbocycles. The average Bonchev–Trinajstić information content (AvgIpc) is 2.98. The highest BCUT2D eigenvalue weighted by Crippen LogP contribution is 2.21. The summed E-state index contributed by atoms with van der Waals surface area (Å²) < 4.78 is 2.54. The standard InChI is InChI=1S/C22H22BrClN4O2/c1-14-3-5-16(6-4-14)13-28-21(24)20(15(2)27-28)22(30)25-12-11-19(29)26-18-9-7-17(23)8-10-18/h3-10H,11-13H2,1-2H3,(H,25,30)(H,26,29). The van der Waals surface area contributed by atoms with Crippen LogP contribution < -0.4 is 10.6 Å². The molecule has 0 fully saturated rings. The molecule has 156 valence electrons. The van der Waals surface area contributed by atoms with Crippen LogP contribution >= 0.6 is 27.5 Å². The van der Waals surface area contributed by atoms with Crippen LogP contribution in [0.5, 0.6) is 0 Å². The third kappa shape index (κ3) is 5.70. The lowest BCUT2D eigenvalue weighted by atomic mass is 10.1. The maximum Gasteiger partial charge on any atom is 0.256 e. The Morgan fingerprint density at radius 2 is 1.73 bits per heavy atom. The van der Waals surface area contributed by atoms with Gasteiger partial charge in [0.05, 0.1) is 17.8 Å². The summed E-state index contributed by atoms with van der Waals surface area (Å²) in [5, 5.41) is 10.2. The minimum atomic E-state index is -0.343. The molecule has 0 aliphatic rings. The number of hydrogen-bond donors (Lipinski definition) is 2. The van der Waals surface area contributed by atoms with Crippen LogP contribution in [0, 0.1) is 13.8 Å². The normalized spacial score (nSPS) is 10.7. The number of nitrogens with one attached hydrogen (secondary N) is 2. The molecular formula is C22H22BrClN4O2. The van der Waals surface area contributed by atoms with Gasteiger partial charge < -0.3 is 10.6 Å². The molecule has 0 saturated heterocycles. The van der Waals surface area contributed by atoms with E-state index in [4.69, 9.17) is 11.6 Å². The summed E-state index contributed by atoms with van der Waals surface area (Å²) in [7, 11) is 0. The van der Waals surface area contributed by atoms with Crippen molar-refractivity contribution >= 4 is 45.0 Å². The predicted octanol–water partition coefficient (Wildman–Crippen LogP) is 4.72. The molecule has 0 aliphatic heterocycles. The van der Waals surface area contributed by atoms with Gasteiger partial charge in [0.1, 0.15) is 5.15 Å². The van der Waals surface area contributed by atoms with E-state index < -0.39 is 0 Å². The Bertz CT molecular complexity index is 1050. The first-order valence-corrected chi connectivity index (χ1v) is 10.6. The van der Waals surface area contributed by atoms with E-state index in [1.165, 1.54) is 5.56 Å². The van der Waals surface area contributed by atoms with E-state index in [9.17, 15) is 9.59 Å². The number of carbonyl (C=O) groups is 2. The summed E-state index contributed by atoms with van der Waals surface area (Å²) >= 11 is 9.77. The van der Waals surface area contributed by atoms with Crippen LogP contribution in [0.3, 0.4) is 0 Å². The molecule has 2 aromatic carbocycles. The molecule has 0 radical (unpaired) electrons. The fourth-order valence-corrected chi connectivity index (χ4v) is 3.50. The molecular weight excluding hydrogens is 468 g/mol. The van der Waals surface area contributed by atoms with Crippen molar-refractivity contribution in [2.75, 3.05) is 11.9 Å². The van der Waals surface area contributed by atoms with Gasteiger partial charge in [0, 0.05) is 23.1 Å². The zero-order valence-electron chi connectivity index (χ0n) is 16.7. The van der Waals surface area contributed by atoms with Crippen LogP contribution in [0.2, 0.25) is 5.15 Å². The number of aromatic nitrogens is 2. The molecule has 0 saturated carbocycles. The van der Waals surface area contributed by atoms with E-state index in [0.717, 1.165) is 10.0 Å². The van der Waals surface area contributed by atoms with Gasteiger partial charge >= 0.3 is 0 Å². The summed E-state index contributed by atoms with van der Waals surface area (Å²) in [5.74, 6) is -0.528. The topological polar surface area (TPSA) is 76.0 Å².